The van der Waals surface area contributed by atoms with E-state index in [1.54, 1.807) is 24.3 Å². The fourth-order valence-corrected chi connectivity index (χ4v) is 5.25. The van der Waals surface area contributed by atoms with Gasteiger partial charge in [0.05, 0.1) is 18.7 Å². The Labute approximate surface area is 242 Å². The number of carboxylic acid groups (broad SMARTS) is 1. The minimum absolute atomic E-state index is 0.00706. The molecule has 3 aromatic rings. The summed E-state index contributed by atoms with van der Waals surface area (Å²) in [5.74, 6) is -5.58. The van der Waals surface area contributed by atoms with E-state index >= 15 is 0 Å². The third-order valence-corrected chi connectivity index (χ3v) is 7.75. The maximum absolute atomic E-state index is 14.0. The van der Waals surface area contributed by atoms with E-state index in [0.717, 1.165) is 37.8 Å². The van der Waals surface area contributed by atoms with Crippen molar-refractivity contribution in [3.05, 3.63) is 76.7 Å². The van der Waals surface area contributed by atoms with Gasteiger partial charge in [-0.2, -0.15) is 5.10 Å². The van der Waals surface area contributed by atoms with Gasteiger partial charge in [-0.3, -0.25) is 19.1 Å². The summed E-state index contributed by atoms with van der Waals surface area (Å²) in [5.41, 5.74) is 1.46. The lowest BCUT2D eigenvalue weighted by Gasteiger charge is -2.37. The molecule has 2 amide bonds. The highest BCUT2D eigenvalue weighted by Crippen LogP contribution is 2.37. The van der Waals surface area contributed by atoms with Crippen LogP contribution in [0.2, 0.25) is 0 Å². The molecule has 2 aromatic carbocycles. The highest BCUT2D eigenvalue weighted by molar-refractivity contribution is 5.95. The number of nitrogens with zero attached hydrogens (tertiary/aromatic N) is 2. The van der Waals surface area contributed by atoms with Crippen molar-refractivity contribution in [3.8, 4) is 11.3 Å². The van der Waals surface area contributed by atoms with Gasteiger partial charge in [-0.05, 0) is 72.9 Å². The van der Waals surface area contributed by atoms with Crippen molar-refractivity contribution in [1.29, 1.82) is 0 Å². The standard InChI is InChI=1S/C31H35F3N4O4/c1-31(2,3)21-8-10-22(11-9-21)36-30(42)26-16-25(20-14-23(32)28(34)24(33)15-20)37-38(26)17-18-4-6-19(7-5-18)29(41)35-13-12-27(39)40/h4-7,14-16,21-22H,8-13,17H2,1-3H3,(H,35,41)(H,36,42)(H,39,40). The summed E-state index contributed by atoms with van der Waals surface area (Å²) in [6, 6.07) is 9.52. The van der Waals surface area contributed by atoms with E-state index in [-0.39, 0.29) is 53.8 Å². The summed E-state index contributed by atoms with van der Waals surface area (Å²) in [6.45, 7) is 6.75. The molecule has 1 saturated carbocycles. The second kappa shape index (κ2) is 12.8. The largest absolute Gasteiger partial charge is 0.481 e. The molecule has 0 saturated heterocycles. The van der Waals surface area contributed by atoms with Crippen molar-refractivity contribution in [3.63, 3.8) is 0 Å². The Kier molecular flexibility index (Phi) is 9.38. The van der Waals surface area contributed by atoms with Crippen LogP contribution >= 0.6 is 0 Å². The third kappa shape index (κ3) is 7.57. The number of amides is 2. The molecule has 4 rings (SSSR count). The van der Waals surface area contributed by atoms with E-state index < -0.39 is 29.3 Å². The molecule has 224 valence electrons. The summed E-state index contributed by atoms with van der Waals surface area (Å²) in [4.78, 5) is 36.4. The highest BCUT2D eigenvalue weighted by Gasteiger charge is 2.31. The maximum Gasteiger partial charge on any atom is 0.305 e. The number of halogens is 3. The number of carboxylic acids is 1. The molecule has 0 radical (unpaired) electrons. The van der Waals surface area contributed by atoms with Crippen LogP contribution in [0.4, 0.5) is 13.2 Å². The summed E-state index contributed by atoms with van der Waals surface area (Å²) in [5, 5.41) is 18.8. The first kappa shape index (κ1) is 30.8. The molecule has 11 heteroatoms. The topological polar surface area (TPSA) is 113 Å². The van der Waals surface area contributed by atoms with Crippen molar-refractivity contribution in [2.24, 2.45) is 11.3 Å². The van der Waals surface area contributed by atoms with Crippen LogP contribution < -0.4 is 10.6 Å². The number of carbonyl (C=O) groups excluding carboxylic acids is 2. The molecule has 0 bridgehead atoms. The van der Waals surface area contributed by atoms with Crippen molar-refractivity contribution in [2.75, 3.05) is 6.54 Å². The fourth-order valence-electron chi connectivity index (χ4n) is 5.25. The maximum atomic E-state index is 14.0. The van der Waals surface area contributed by atoms with E-state index in [9.17, 15) is 27.6 Å². The van der Waals surface area contributed by atoms with Gasteiger partial charge < -0.3 is 15.7 Å². The zero-order valence-corrected chi connectivity index (χ0v) is 23.8. The van der Waals surface area contributed by atoms with Crippen LogP contribution in [-0.2, 0) is 11.3 Å². The van der Waals surface area contributed by atoms with Gasteiger partial charge in [-0.15, -0.1) is 0 Å². The smallest absolute Gasteiger partial charge is 0.305 e. The molecule has 1 fully saturated rings. The number of carbonyl (C=O) groups is 3. The average Bonchev–Trinajstić information content (AvgIpc) is 3.35. The zero-order valence-electron chi connectivity index (χ0n) is 23.8. The number of hydrogen-bond acceptors (Lipinski definition) is 4. The Hall–Kier alpha value is -4.15. The van der Waals surface area contributed by atoms with Crippen LogP contribution in [0.15, 0.2) is 42.5 Å². The van der Waals surface area contributed by atoms with E-state index in [1.165, 1.54) is 10.7 Å². The van der Waals surface area contributed by atoms with Gasteiger partial charge in [-0.25, -0.2) is 13.2 Å². The SMILES string of the molecule is CC(C)(C)C1CCC(NC(=O)c2cc(-c3cc(F)c(F)c(F)c3)nn2Cc2ccc(C(=O)NCCC(=O)O)cc2)CC1. The molecule has 1 aromatic heterocycles. The van der Waals surface area contributed by atoms with E-state index in [1.807, 2.05) is 0 Å². The van der Waals surface area contributed by atoms with Crippen molar-refractivity contribution >= 4 is 17.8 Å². The van der Waals surface area contributed by atoms with Crippen LogP contribution in [0, 0.1) is 28.8 Å². The second-order valence-electron chi connectivity index (χ2n) is 11.8. The molecule has 42 heavy (non-hydrogen) atoms. The van der Waals surface area contributed by atoms with Crippen molar-refractivity contribution in [1.82, 2.24) is 20.4 Å². The first-order chi connectivity index (χ1) is 19.8. The van der Waals surface area contributed by atoms with Gasteiger partial charge in [0.15, 0.2) is 17.5 Å². The second-order valence-corrected chi connectivity index (χ2v) is 11.8. The van der Waals surface area contributed by atoms with Gasteiger partial charge >= 0.3 is 5.97 Å². The number of aromatic nitrogens is 2. The van der Waals surface area contributed by atoms with Gasteiger partial charge in [-0.1, -0.05) is 32.9 Å². The lowest BCUT2D eigenvalue weighted by Crippen LogP contribution is -2.40. The number of nitrogens with one attached hydrogen (secondary N) is 2. The molecule has 0 spiro atoms. The lowest BCUT2D eigenvalue weighted by atomic mass is 9.71. The Morgan fingerprint density at radius 1 is 0.952 bits per heavy atom. The van der Waals surface area contributed by atoms with Gasteiger partial charge in [0.1, 0.15) is 5.69 Å². The Morgan fingerprint density at radius 2 is 1.57 bits per heavy atom. The van der Waals surface area contributed by atoms with E-state index in [2.05, 4.69) is 36.5 Å². The minimum atomic E-state index is -1.59. The molecule has 1 aliphatic rings. The minimum Gasteiger partial charge on any atom is -0.481 e. The fraction of sp³-hybridized carbons (Fsp3) is 0.419. The monoisotopic (exact) mass is 584 g/mol. The molecule has 3 N–H and O–H groups in total. The molecular weight excluding hydrogens is 549 g/mol. The van der Waals surface area contributed by atoms with Crippen LogP contribution in [0.25, 0.3) is 11.3 Å². The molecule has 1 aliphatic carbocycles. The van der Waals surface area contributed by atoms with Crippen LogP contribution in [0.3, 0.4) is 0 Å². The van der Waals surface area contributed by atoms with Crippen LogP contribution in [0.1, 0.15) is 79.3 Å². The highest BCUT2D eigenvalue weighted by atomic mass is 19.2. The van der Waals surface area contributed by atoms with Gasteiger partial charge in [0.25, 0.3) is 11.8 Å². The lowest BCUT2D eigenvalue weighted by molar-refractivity contribution is -0.136. The molecule has 0 atom stereocenters. The third-order valence-electron chi connectivity index (χ3n) is 7.75. The molecular formula is C31H35F3N4O4. The number of hydrogen-bond donors (Lipinski definition) is 3. The van der Waals surface area contributed by atoms with Gasteiger partial charge in [0, 0.05) is 23.7 Å². The van der Waals surface area contributed by atoms with E-state index in [0.29, 0.717) is 17.0 Å². The Balaban J connectivity index is 1.55. The first-order valence-corrected chi connectivity index (χ1v) is 13.9. The van der Waals surface area contributed by atoms with E-state index in [4.69, 9.17) is 5.11 Å². The van der Waals surface area contributed by atoms with Gasteiger partial charge in [0.2, 0.25) is 0 Å². The average molecular weight is 585 g/mol. The molecule has 0 aliphatic heterocycles. The molecule has 8 nitrogen and oxygen atoms in total. The van der Waals surface area contributed by atoms with Crippen LogP contribution in [0.5, 0.6) is 0 Å². The summed E-state index contributed by atoms with van der Waals surface area (Å²) >= 11 is 0. The predicted molar refractivity (Wildman–Crippen MR) is 150 cm³/mol. The number of aliphatic carboxylic acids is 1. The number of rotatable bonds is 9. The Bertz CT molecular complexity index is 1430. The molecule has 0 unspecified atom stereocenters. The predicted octanol–water partition coefficient (Wildman–Crippen LogP) is 5.55. The van der Waals surface area contributed by atoms with Crippen LogP contribution in [-0.4, -0.2) is 45.3 Å². The number of benzene rings is 2. The normalized spacial score (nSPS) is 17.1. The zero-order chi connectivity index (χ0) is 30.6. The van der Waals surface area contributed by atoms with Crippen molar-refractivity contribution in [2.45, 2.75) is 65.5 Å². The first-order valence-electron chi connectivity index (χ1n) is 13.9. The quantitative estimate of drug-likeness (QED) is 0.285. The summed E-state index contributed by atoms with van der Waals surface area (Å²) in [7, 11) is 0. The Morgan fingerprint density at radius 3 is 2.14 bits per heavy atom. The summed E-state index contributed by atoms with van der Waals surface area (Å²) < 4.78 is 43.0. The van der Waals surface area contributed by atoms with Crippen molar-refractivity contribution < 1.29 is 32.7 Å². The molecule has 1 heterocycles. The summed E-state index contributed by atoms with van der Waals surface area (Å²) in [6.07, 6.45) is 3.45.